The van der Waals surface area contributed by atoms with Gasteiger partial charge in [0.05, 0.1) is 0 Å². The molecule has 0 radical (unpaired) electrons. The van der Waals surface area contributed by atoms with Crippen LogP contribution in [0.3, 0.4) is 0 Å². The molecule has 0 spiro atoms. The molecule has 0 unspecified atom stereocenters. The highest BCUT2D eigenvalue weighted by atomic mass is 16.3. The second kappa shape index (κ2) is 6.41. The first-order chi connectivity index (χ1) is 6.42. The molecule has 0 saturated heterocycles. The van der Waals surface area contributed by atoms with Crippen LogP contribution in [0, 0.1) is 11.8 Å². The summed E-state index contributed by atoms with van der Waals surface area (Å²) in [5.74, 6) is 1.04. The predicted octanol–water partition coefficient (Wildman–Crippen LogP) is 2.77. The van der Waals surface area contributed by atoms with Gasteiger partial charge in [-0.25, -0.2) is 0 Å². The van der Waals surface area contributed by atoms with E-state index < -0.39 is 5.72 Å². The number of unbranched alkanes of at least 4 members (excludes halogenated alkanes) is 1. The van der Waals surface area contributed by atoms with Crippen LogP contribution in [0.2, 0.25) is 0 Å². The molecule has 2 heteroatoms. The second-order valence-corrected chi connectivity index (χ2v) is 4.97. The maximum atomic E-state index is 10.2. The van der Waals surface area contributed by atoms with Crippen LogP contribution in [-0.2, 0) is 0 Å². The SMILES string of the molecule is CN[C@@](O)(CCCCC(C)C)C(C)C. The Morgan fingerprint density at radius 2 is 1.71 bits per heavy atom. The van der Waals surface area contributed by atoms with E-state index in [1.54, 1.807) is 0 Å². The quantitative estimate of drug-likeness (QED) is 0.490. The number of hydrogen-bond acceptors (Lipinski definition) is 2. The molecule has 0 heterocycles. The Bertz CT molecular complexity index is 145. The summed E-state index contributed by atoms with van der Waals surface area (Å²) in [5.41, 5.74) is -0.670. The molecule has 0 saturated carbocycles. The van der Waals surface area contributed by atoms with Gasteiger partial charge in [-0.2, -0.15) is 0 Å². The van der Waals surface area contributed by atoms with Gasteiger partial charge in [-0.3, -0.25) is 5.32 Å². The van der Waals surface area contributed by atoms with Crippen molar-refractivity contribution >= 4 is 0 Å². The molecule has 0 aliphatic rings. The average molecular weight is 201 g/mol. The van der Waals surface area contributed by atoms with Crippen LogP contribution in [0.15, 0.2) is 0 Å². The molecule has 2 N–H and O–H groups in total. The van der Waals surface area contributed by atoms with Crippen molar-refractivity contribution in [3.8, 4) is 0 Å². The molecule has 0 bridgehead atoms. The third kappa shape index (κ3) is 4.97. The second-order valence-electron chi connectivity index (χ2n) is 4.97. The fourth-order valence-electron chi connectivity index (χ4n) is 1.65. The third-order valence-electron chi connectivity index (χ3n) is 2.98. The normalized spacial score (nSPS) is 16.3. The Kier molecular flexibility index (Phi) is 6.38. The molecule has 14 heavy (non-hydrogen) atoms. The molecule has 0 aliphatic heterocycles. The highest BCUT2D eigenvalue weighted by Crippen LogP contribution is 2.21. The van der Waals surface area contributed by atoms with Crippen molar-refractivity contribution in [3.63, 3.8) is 0 Å². The monoisotopic (exact) mass is 201 g/mol. The predicted molar refractivity (Wildman–Crippen MR) is 62.2 cm³/mol. The molecular weight excluding hydrogens is 174 g/mol. The molecule has 0 aromatic carbocycles. The summed E-state index contributed by atoms with van der Waals surface area (Å²) < 4.78 is 0. The maximum absolute atomic E-state index is 10.2. The summed E-state index contributed by atoms with van der Waals surface area (Å²) >= 11 is 0. The Morgan fingerprint density at radius 1 is 1.14 bits per heavy atom. The minimum absolute atomic E-state index is 0.270. The van der Waals surface area contributed by atoms with Gasteiger partial charge in [0.2, 0.25) is 0 Å². The summed E-state index contributed by atoms with van der Waals surface area (Å²) in [6.45, 7) is 8.59. The van der Waals surface area contributed by atoms with E-state index in [2.05, 4.69) is 33.0 Å². The Labute approximate surface area is 89.1 Å². The van der Waals surface area contributed by atoms with E-state index >= 15 is 0 Å². The van der Waals surface area contributed by atoms with Crippen molar-refractivity contribution in [1.82, 2.24) is 5.32 Å². The molecule has 0 aromatic heterocycles. The van der Waals surface area contributed by atoms with Crippen LogP contribution in [0.4, 0.5) is 0 Å². The molecule has 0 rings (SSSR count). The highest BCUT2D eigenvalue weighted by Gasteiger charge is 2.27. The number of aliphatic hydroxyl groups is 1. The van der Waals surface area contributed by atoms with E-state index in [-0.39, 0.29) is 5.92 Å². The van der Waals surface area contributed by atoms with Crippen LogP contribution in [0.25, 0.3) is 0 Å². The van der Waals surface area contributed by atoms with E-state index in [1.807, 2.05) is 7.05 Å². The standard InChI is InChI=1S/C12H27NO/c1-10(2)8-6-7-9-12(14,13-5)11(3)4/h10-11,13-14H,6-9H2,1-5H3/t12-/m1/s1. The topological polar surface area (TPSA) is 32.3 Å². The molecule has 2 nitrogen and oxygen atoms in total. The summed E-state index contributed by atoms with van der Waals surface area (Å²) in [5, 5.41) is 13.2. The summed E-state index contributed by atoms with van der Waals surface area (Å²) in [6.07, 6.45) is 4.44. The fourth-order valence-corrected chi connectivity index (χ4v) is 1.65. The van der Waals surface area contributed by atoms with Gasteiger partial charge in [-0.15, -0.1) is 0 Å². The van der Waals surface area contributed by atoms with Crippen molar-refractivity contribution in [2.45, 2.75) is 59.1 Å². The van der Waals surface area contributed by atoms with Crippen molar-refractivity contribution in [1.29, 1.82) is 0 Å². The van der Waals surface area contributed by atoms with Gasteiger partial charge in [0.25, 0.3) is 0 Å². The van der Waals surface area contributed by atoms with Gasteiger partial charge in [0.15, 0.2) is 0 Å². The van der Waals surface area contributed by atoms with Crippen LogP contribution < -0.4 is 5.32 Å². The fraction of sp³-hybridized carbons (Fsp3) is 1.00. The zero-order chi connectivity index (χ0) is 11.2. The Hall–Kier alpha value is -0.0800. The Balaban J connectivity index is 3.73. The van der Waals surface area contributed by atoms with E-state index in [0.29, 0.717) is 0 Å². The zero-order valence-corrected chi connectivity index (χ0v) is 10.4. The summed E-state index contributed by atoms with van der Waals surface area (Å²) in [7, 11) is 1.84. The van der Waals surface area contributed by atoms with Gasteiger partial charge >= 0.3 is 0 Å². The van der Waals surface area contributed by atoms with Gasteiger partial charge in [0, 0.05) is 0 Å². The van der Waals surface area contributed by atoms with Crippen LogP contribution >= 0.6 is 0 Å². The summed E-state index contributed by atoms with van der Waals surface area (Å²) in [6, 6.07) is 0. The maximum Gasteiger partial charge on any atom is 0.118 e. The smallest absolute Gasteiger partial charge is 0.118 e. The molecule has 86 valence electrons. The molecule has 0 aliphatic carbocycles. The average Bonchev–Trinajstić information content (AvgIpc) is 2.11. The lowest BCUT2D eigenvalue weighted by Gasteiger charge is -2.32. The van der Waals surface area contributed by atoms with Crippen LogP contribution in [-0.4, -0.2) is 17.9 Å². The Morgan fingerprint density at radius 3 is 2.07 bits per heavy atom. The molecule has 1 atom stereocenters. The molecular formula is C12H27NO. The number of nitrogens with one attached hydrogen (secondary N) is 1. The van der Waals surface area contributed by atoms with Gasteiger partial charge in [-0.1, -0.05) is 40.5 Å². The number of rotatable bonds is 7. The van der Waals surface area contributed by atoms with Crippen molar-refractivity contribution < 1.29 is 5.11 Å². The highest BCUT2D eigenvalue weighted by molar-refractivity contribution is 4.77. The first-order valence-corrected chi connectivity index (χ1v) is 5.83. The van der Waals surface area contributed by atoms with E-state index in [0.717, 1.165) is 18.8 Å². The van der Waals surface area contributed by atoms with E-state index in [4.69, 9.17) is 0 Å². The minimum Gasteiger partial charge on any atom is -0.376 e. The number of hydrogen-bond donors (Lipinski definition) is 2. The largest absolute Gasteiger partial charge is 0.376 e. The lowest BCUT2D eigenvalue weighted by molar-refractivity contribution is -0.0403. The third-order valence-corrected chi connectivity index (χ3v) is 2.98. The van der Waals surface area contributed by atoms with Crippen LogP contribution in [0.1, 0.15) is 53.4 Å². The first kappa shape index (κ1) is 13.9. The molecule has 0 fully saturated rings. The van der Waals surface area contributed by atoms with E-state index in [9.17, 15) is 5.11 Å². The van der Waals surface area contributed by atoms with Crippen molar-refractivity contribution in [3.05, 3.63) is 0 Å². The van der Waals surface area contributed by atoms with Gasteiger partial charge in [0.1, 0.15) is 5.72 Å². The molecule has 0 amide bonds. The first-order valence-electron chi connectivity index (χ1n) is 5.83. The zero-order valence-electron chi connectivity index (χ0n) is 10.4. The summed E-state index contributed by atoms with van der Waals surface area (Å²) in [4.78, 5) is 0. The van der Waals surface area contributed by atoms with Gasteiger partial charge in [-0.05, 0) is 31.7 Å². The van der Waals surface area contributed by atoms with Crippen LogP contribution in [0.5, 0.6) is 0 Å². The minimum atomic E-state index is -0.670. The lowest BCUT2D eigenvalue weighted by atomic mass is 9.92. The lowest BCUT2D eigenvalue weighted by Crippen LogP contribution is -2.47. The van der Waals surface area contributed by atoms with Crippen molar-refractivity contribution in [2.24, 2.45) is 11.8 Å². The van der Waals surface area contributed by atoms with Gasteiger partial charge < -0.3 is 5.11 Å². The van der Waals surface area contributed by atoms with Crippen molar-refractivity contribution in [2.75, 3.05) is 7.05 Å². The van der Waals surface area contributed by atoms with E-state index in [1.165, 1.54) is 12.8 Å². The molecule has 0 aromatic rings.